The molecule has 3 aliphatic rings. The number of fused-ring (bicyclic) bond motifs is 2. The molecule has 2 fully saturated rings. The minimum atomic E-state index is 0.0544. The van der Waals surface area contributed by atoms with Gasteiger partial charge in [-0.2, -0.15) is 0 Å². The maximum absolute atomic E-state index is 6.16. The van der Waals surface area contributed by atoms with E-state index in [1.165, 1.54) is 0 Å². The summed E-state index contributed by atoms with van der Waals surface area (Å²) in [4.78, 5) is 15.0. The number of benzene rings is 1. The molecule has 1 aromatic carbocycles. The van der Waals surface area contributed by atoms with Gasteiger partial charge in [-0.3, -0.25) is 4.90 Å². The van der Waals surface area contributed by atoms with Crippen LogP contribution in [0.25, 0.3) is 11.0 Å². The molecule has 8 nitrogen and oxygen atoms in total. The Morgan fingerprint density at radius 1 is 1.16 bits per heavy atom. The molecule has 8 heteroatoms. The van der Waals surface area contributed by atoms with Gasteiger partial charge in [-0.1, -0.05) is 18.2 Å². The maximum atomic E-state index is 6.16. The summed E-state index contributed by atoms with van der Waals surface area (Å²) in [5.74, 6) is 2.19. The first-order valence-corrected chi connectivity index (χ1v) is 11.0. The first-order valence-electron chi connectivity index (χ1n) is 11.0. The van der Waals surface area contributed by atoms with Crippen molar-refractivity contribution in [2.75, 3.05) is 44.8 Å². The molecule has 0 radical (unpaired) electrons. The van der Waals surface area contributed by atoms with Crippen molar-refractivity contribution in [2.45, 2.75) is 31.0 Å². The lowest BCUT2D eigenvalue weighted by atomic mass is 9.94. The number of hydrogen-bond donors (Lipinski definition) is 2. The summed E-state index contributed by atoms with van der Waals surface area (Å²) in [5, 5.41) is 4.78. The van der Waals surface area contributed by atoms with Gasteiger partial charge in [0, 0.05) is 30.3 Å². The van der Waals surface area contributed by atoms with Crippen LogP contribution < -0.4 is 10.1 Å². The van der Waals surface area contributed by atoms with Gasteiger partial charge in [0.2, 0.25) is 0 Å². The molecular formula is C23H27N5O3. The molecule has 2 saturated heterocycles. The number of H-pyrrole nitrogens is 1. The van der Waals surface area contributed by atoms with Crippen molar-refractivity contribution in [3.63, 3.8) is 0 Å². The van der Waals surface area contributed by atoms with E-state index in [2.05, 4.69) is 50.3 Å². The molecule has 3 atom stereocenters. The fourth-order valence-electron chi connectivity index (χ4n) is 4.84. The summed E-state index contributed by atoms with van der Waals surface area (Å²) in [7, 11) is 0. The molecule has 6 rings (SSSR count). The van der Waals surface area contributed by atoms with Crippen LogP contribution in [0.15, 0.2) is 36.7 Å². The number of nitrogens with one attached hydrogen (secondary N) is 2. The van der Waals surface area contributed by atoms with Gasteiger partial charge in [0.1, 0.15) is 30.1 Å². The van der Waals surface area contributed by atoms with E-state index in [1.807, 2.05) is 12.1 Å². The Hall–Kier alpha value is -2.68. The molecular weight excluding hydrogens is 394 g/mol. The number of aromatic amines is 1. The minimum Gasteiger partial charge on any atom is -0.491 e. The predicted octanol–water partition coefficient (Wildman–Crippen LogP) is 2.71. The van der Waals surface area contributed by atoms with Crippen LogP contribution >= 0.6 is 0 Å². The lowest BCUT2D eigenvalue weighted by molar-refractivity contribution is -0.0465. The molecule has 2 N–H and O–H groups in total. The van der Waals surface area contributed by atoms with Crippen LogP contribution in [-0.2, 0) is 9.47 Å². The molecule has 0 bridgehead atoms. The molecule has 162 valence electrons. The highest BCUT2D eigenvalue weighted by atomic mass is 16.5. The van der Waals surface area contributed by atoms with E-state index in [0.29, 0.717) is 12.5 Å². The largest absolute Gasteiger partial charge is 0.491 e. The molecule has 0 aliphatic carbocycles. The van der Waals surface area contributed by atoms with Gasteiger partial charge in [0.25, 0.3) is 0 Å². The van der Waals surface area contributed by atoms with Crippen LogP contribution in [0.5, 0.6) is 5.75 Å². The smallest absolute Gasteiger partial charge is 0.143 e. The fourth-order valence-corrected chi connectivity index (χ4v) is 4.84. The topological polar surface area (TPSA) is 84.5 Å². The van der Waals surface area contributed by atoms with Crippen LogP contribution in [0.2, 0.25) is 0 Å². The highest BCUT2D eigenvalue weighted by Gasteiger charge is 2.37. The van der Waals surface area contributed by atoms with Crippen molar-refractivity contribution in [1.29, 1.82) is 0 Å². The minimum absolute atomic E-state index is 0.0544. The van der Waals surface area contributed by atoms with Gasteiger partial charge in [-0.15, -0.1) is 0 Å². The number of anilines is 1. The van der Waals surface area contributed by atoms with Crippen molar-refractivity contribution in [3.8, 4) is 5.75 Å². The second kappa shape index (κ2) is 7.78. The Balaban J connectivity index is 1.37. The molecule has 0 spiro atoms. The van der Waals surface area contributed by atoms with Gasteiger partial charge in [0.15, 0.2) is 0 Å². The van der Waals surface area contributed by atoms with Gasteiger partial charge in [-0.05, 0) is 19.1 Å². The molecule has 5 heterocycles. The van der Waals surface area contributed by atoms with E-state index in [-0.39, 0.29) is 18.2 Å². The zero-order valence-corrected chi connectivity index (χ0v) is 17.6. The molecule has 3 aromatic rings. The van der Waals surface area contributed by atoms with Crippen LogP contribution in [0, 0.1) is 0 Å². The number of para-hydroxylation sites is 1. The summed E-state index contributed by atoms with van der Waals surface area (Å²) >= 11 is 0. The Kier molecular flexibility index (Phi) is 4.78. The van der Waals surface area contributed by atoms with Gasteiger partial charge in [-0.25, -0.2) is 9.97 Å². The quantitative estimate of drug-likeness (QED) is 0.670. The van der Waals surface area contributed by atoms with E-state index >= 15 is 0 Å². The molecule has 0 amide bonds. The van der Waals surface area contributed by atoms with E-state index in [4.69, 9.17) is 14.2 Å². The Morgan fingerprint density at radius 3 is 2.90 bits per heavy atom. The lowest BCUT2D eigenvalue weighted by Gasteiger charge is -2.43. The first-order chi connectivity index (χ1) is 15.3. The average Bonchev–Trinajstić information content (AvgIpc) is 3.17. The second-order valence-corrected chi connectivity index (χ2v) is 8.66. The predicted molar refractivity (Wildman–Crippen MR) is 117 cm³/mol. The third-order valence-corrected chi connectivity index (χ3v) is 6.61. The molecule has 3 unspecified atom stereocenters. The normalized spacial score (nSPS) is 26.8. The number of aromatic nitrogens is 3. The summed E-state index contributed by atoms with van der Waals surface area (Å²) in [5.41, 5.74) is 3.18. The van der Waals surface area contributed by atoms with Crippen LogP contribution in [0.4, 0.5) is 5.82 Å². The third-order valence-electron chi connectivity index (χ3n) is 6.61. The van der Waals surface area contributed by atoms with Crippen molar-refractivity contribution in [1.82, 2.24) is 19.9 Å². The van der Waals surface area contributed by atoms with E-state index < -0.39 is 0 Å². The van der Waals surface area contributed by atoms with E-state index in [1.54, 1.807) is 6.33 Å². The summed E-state index contributed by atoms with van der Waals surface area (Å²) in [6, 6.07) is 10.7. The SMILES string of the molecule is CC1CN(C2COc3ccccc3C2Nc2ncnc3[nH]c(C4COC4)cc23)CCO1. The number of morpholine rings is 1. The second-order valence-electron chi connectivity index (χ2n) is 8.66. The van der Waals surface area contributed by atoms with Gasteiger partial charge >= 0.3 is 0 Å². The third kappa shape index (κ3) is 3.44. The summed E-state index contributed by atoms with van der Waals surface area (Å²) in [6.07, 6.45) is 1.84. The highest BCUT2D eigenvalue weighted by molar-refractivity contribution is 5.88. The van der Waals surface area contributed by atoms with Gasteiger partial charge in [0.05, 0.1) is 43.4 Å². The summed E-state index contributed by atoms with van der Waals surface area (Å²) < 4.78 is 17.3. The Bertz CT molecular complexity index is 1080. The molecule has 31 heavy (non-hydrogen) atoms. The molecule has 0 saturated carbocycles. The first kappa shape index (κ1) is 19.0. The Morgan fingerprint density at radius 2 is 2.06 bits per heavy atom. The zero-order chi connectivity index (χ0) is 20.8. The number of rotatable bonds is 4. The van der Waals surface area contributed by atoms with Crippen molar-refractivity contribution < 1.29 is 14.2 Å². The molecule has 3 aliphatic heterocycles. The monoisotopic (exact) mass is 421 g/mol. The van der Waals surface area contributed by atoms with E-state index in [0.717, 1.165) is 66.8 Å². The van der Waals surface area contributed by atoms with Crippen molar-refractivity contribution >= 4 is 16.9 Å². The van der Waals surface area contributed by atoms with Gasteiger partial charge < -0.3 is 24.5 Å². The standard InChI is InChI=1S/C23H27N5O3/c1-14-9-28(6-7-30-14)19-12-31-20-5-3-2-4-16(20)21(19)27-23-17-8-18(15-10-29-11-15)26-22(17)24-13-25-23/h2-5,8,13-15,19,21H,6-7,9-12H2,1H3,(H2,24,25,26,27). The fraction of sp³-hybridized carbons (Fsp3) is 0.478. The van der Waals surface area contributed by atoms with Crippen LogP contribution in [0.1, 0.15) is 30.1 Å². The highest BCUT2D eigenvalue weighted by Crippen LogP contribution is 2.38. The zero-order valence-electron chi connectivity index (χ0n) is 17.6. The number of hydrogen-bond acceptors (Lipinski definition) is 7. The lowest BCUT2D eigenvalue weighted by Crippen LogP contribution is -2.54. The van der Waals surface area contributed by atoms with Crippen LogP contribution in [-0.4, -0.2) is 71.5 Å². The van der Waals surface area contributed by atoms with E-state index in [9.17, 15) is 0 Å². The summed E-state index contributed by atoms with van der Waals surface area (Å²) in [6.45, 7) is 6.81. The average molecular weight is 422 g/mol. The molecule has 2 aromatic heterocycles. The number of ether oxygens (including phenoxy) is 3. The van der Waals surface area contributed by atoms with Crippen LogP contribution in [0.3, 0.4) is 0 Å². The van der Waals surface area contributed by atoms with Crippen molar-refractivity contribution in [2.24, 2.45) is 0 Å². The Labute approximate surface area is 180 Å². The van der Waals surface area contributed by atoms with Crippen molar-refractivity contribution in [3.05, 3.63) is 47.9 Å². The number of nitrogens with zero attached hydrogens (tertiary/aromatic N) is 3. The maximum Gasteiger partial charge on any atom is 0.143 e.